The van der Waals surface area contributed by atoms with Crippen molar-refractivity contribution >= 4 is 21.7 Å². The number of nitrogens with zero attached hydrogens (tertiary/aromatic N) is 1. The molecule has 0 saturated carbocycles. The number of benzene rings is 1. The van der Waals surface area contributed by atoms with E-state index in [1.165, 1.54) is 0 Å². The topological polar surface area (TPSA) is 70.5 Å². The Balaban J connectivity index is 2.23. The van der Waals surface area contributed by atoms with Gasteiger partial charge in [0.15, 0.2) is 23.1 Å². The summed E-state index contributed by atoms with van der Waals surface area (Å²) in [5.41, 5.74) is 7.53. The third kappa shape index (κ3) is 1.64. The molecule has 0 radical (unpaired) electrons. The van der Waals surface area contributed by atoms with E-state index in [0.29, 0.717) is 11.6 Å². The number of hydrogen-bond acceptors (Lipinski definition) is 5. The molecular weight excluding hydrogens is 300 g/mol. The summed E-state index contributed by atoms with van der Waals surface area (Å²) in [7, 11) is 0. The zero-order valence-corrected chi connectivity index (χ0v) is 11.3. The molecule has 0 atom stereocenters. The quantitative estimate of drug-likeness (QED) is 0.923. The van der Waals surface area contributed by atoms with Crippen molar-refractivity contribution in [2.24, 2.45) is 0 Å². The van der Waals surface area contributed by atoms with Crippen LogP contribution in [0.5, 0.6) is 11.5 Å². The van der Waals surface area contributed by atoms with Crippen LogP contribution in [0.1, 0.15) is 12.5 Å². The molecule has 1 aromatic carbocycles. The first kappa shape index (κ1) is 11.4. The van der Waals surface area contributed by atoms with E-state index in [1.54, 1.807) is 6.07 Å². The number of hydrogen-bond donors (Lipinski definition) is 1. The summed E-state index contributed by atoms with van der Waals surface area (Å²) in [6, 6.07) is 3.63. The fourth-order valence-corrected chi connectivity index (χ4v) is 2.59. The molecule has 2 aromatic rings. The van der Waals surface area contributed by atoms with Crippen molar-refractivity contribution in [3.63, 3.8) is 0 Å². The maximum absolute atomic E-state index is 5.59. The molecule has 0 amide bonds. The lowest BCUT2D eigenvalue weighted by molar-refractivity contribution is 0.173. The normalized spacial score (nSPS) is 13.0. The van der Waals surface area contributed by atoms with Crippen molar-refractivity contribution in [3.8, 4) is 22.8 Å². The molecule has 0 fully saturated rings. The first-order valence-electron chi connectivity index (χ1n) is 5.54. The Morgan fingerprint density at radius 2 is 2.11 bits per heavy atom. The predicted molar refractivity (Wildman–Crippen MR) is 69.6 cm³/mol. The monoisotopic (exact) mass is 310 g/mol. The van der Waals surface area contributed by atoms with Crippen molar-refractivity contribution in [3.05, 3.63) is 22.2 Å². The fourth-order valence-electron chi connectivity index (χ4n) is 2.07. The summed E-state index contributed by atoms with van der Waals surface area (Å²) in [4.78, 5) is 0. The van der Waals surface area contributed by atoms with Gasteiger partial charge in [0.1, 0.15) is 0 Å². The minimum atomic E-state index is 0.239. The Kier molecular flexibility index (Phi) is 2.66. The van der Waals surface area contributed by atoms with Crippen LogP contribution in [0.25, 0.3) is 11.3 Å². The number of ether oxygens (including phenoxy) is 2. The Morgan fingerprint density at radius 1 is 1.33 bits per heavy atom. The first-order chi connectivity index (χ1) is 8.70. The fraction of sp³-hybridized carbons (Fsp3) is 0.250. The highest BCUT2D eigenvalue weighted by atomic mass is 79.9. The van der Waals surface area contributed by atoms with Crippen molar-refractivity contribution in [2.75, 3.05) is 12.5 Å². The Morgan fingerprint density at radius 3 is 2.78 bits per heavy atom. The number of aromatic nitrogens is 1. The average Bonchev–Trinajstić information content (AvgIpc) is 2.97. The van der Waals surface area contributed by atoms with Gasteiger partial charge in [0.2, 0.25) is 6.79 Å². The summed E-state index contributed by atoms with van der Waals surface area (Å²) < 4.78 is 17.0. The zero-order chi connectivity index (χ0) is 12.7. The lowest BCUT2D eigenvalue weighted by atomic mass is 10.0. The molecule has 1 aliphatic heterocycles. The smallest absolute Gasteiger partial charge is 0.231 e. The van der Waals surface area contributed by atoms with Gasteiger partial charge in [-0.3, -0.25) is 0 Å². The molecule has 0 aliphatic carbocycles. The minimum Gasteiger partial charge on any atom is -0.453 e. The number of nitrogens with two attached hydrogens (primary N) is 1. The average molecular weight is 311 g/mol. The molecule has 0 spiro atoms. The van der Waals surface area contributed by atoms with Crippen LogP contribution in [0, 0.1) is 0 Å². The van der Waals surface area contributed by atoms with Gasteiger partial charge in [-0.05, 0) is 28.4 Å². The first-order valence-corrected chi connectivity index (χ1v) is 6.33. The largest absolute Gasteiger partial charge is 0.453 e. The van der Waals surface area contributed by atoms with Crippen LogP contribution in [0.15, 0.2) is 21.1 Å². The maximum atomic E-state index is 5.59. The van der Waals surface area contributed by atoms with Crippen LogP contribution in [-0.2, 0) is 6.42 Å². The summed E-state index contributed by atoms with van der Waals surface area (Å²) in [5, 5.41) is 3.71. The number of halogens is 1. The molecule has 2 heterocycles. The molecule has 0 saturated heterocycles. The third-order valence-corrected chi connectivity index (χ3v) is 3.44. The van der Waals surface area contributed by atoms with Crippen LogP contribution >= 0.6 is 15.9 Å². The van der Waals surface area contributed by atoms with Gasteiger partial charge in [0.05, 0.1) is 4.47 Å². The van der Waals surface area contributed by atoms with Crippen LogP contribution < -0.4 is 15.2 Å². The molecule has 5 nitrogen and oxygen atoms in total. The lowest BCUT2D eigenvalue weighted by Gasteiger charge is -2.09. The summed E-state index contributed by atoms with van der Waals surface area (Å²) in [6.07, 6.45) is 0.801. The van der Waals surface area contributed by atoms with Crippen molar-refractivity contribution in [1.29, 1.82) is 0 Å². The van der Waals surface area contributed by atoms with Crippen molar-refractivity contribution in [2.45, 2.75) is 13.3 Å². The van der Waals surface area contributed by atoms with Crippen molar-refractivity contribution < 1.29 is 14.0 Å². The van der Waals surface area contributed by atoms with Gasteiger partial charge in [0, 0.05) is 17.2 Å². The number of anilines is 1. The van der Waals surface area contributed by atoms with E-state index in [0.717, 1.165) is 33.5 Å². The number of nitrogen functional groups attached to an aromatic ring is 1. The van der Waals surface area contributed by atoms with Gasteiger partial charge < -0.3 is 19.7 Å². The summed E-state index contributed by atoms with van der Waals surface area (Å²) in [6.45, 7) is 2.29. The highest BCUT2D eigenvalue weighted by Gasteiger charge is 2.25. The molecule has 18 heavy (non-hydrogen) atoms. The minimum absolute atomic E-state index is 0.239. The van der Waals surface area contributed by atoms with Gasteiger partial charge >= 0.3 is 0 Å². The molecule has 0 bridgehead atoms. The van der Waals surface area contributed by atoms with Crippen LogP contribution in [-0.4, -0.2) is 11.9 Å². The molecule has 94 valence electrons. The van der Waals surface area contributed by atoms with Gasteiger partial charge in [-0.1, -0.05) is 12.1 Å². The van der Waals surface area contributed by atoms with Crippen molar-refractivity contribution in [1.82, 2.24) is 5.16 Å². The maximum Gasteiger partial charge on any atom is 0.231 e. The highest BCUT2D eigenvalue weighted by molar-refractivity contribution is 9.10. The van der Waals surface area contributed by atoms with E-state index in [4.69, 9.17) is 19.7 Å². The van der Waals surface area contributed by atoms with E-state index < -0.39 is 0 Å². The molecule has 3 rings (SSSR count). The molecule has 0 unspecified atom stereocenters. The number of rotatable bonds is 2. The Bertz CT molecular complexity index is 610. The van der Waals surface area contributed by atoms with Gasteiger partial charge in [-0.25, -0.2) is 0 Å². The van der Waals surface area contributed by atoms with Gasteiger partial charge in [0.25, 0.3) is 0 Å². The standard InChI is InChI=1S/C12H11BrN2O3/c1-2-6-7(9-4-10(14)15-18-9)3-8(13)12-11(6)16-5-17-12/h3-4H,2,5H2,1H3,(H2,14,15). The SMILES string of the molecule is CCc1c(-c2cc(N)no2)cc(Br)c2c1OCO2. The second-order valence-corrected chi connectivity index (χ2v) is 4.77. The van der Waals surface area contributed by atoms with E-state index in [9.17, 15) is 0 Å². The van der Waals surface area contributed by atoms with E-state index in [-0.39, 0.29) is 6.79 Å². The molecule has 6 heteroatoms. The highest BCUT2D eigenvalue weighted by Crippen LogP contribution is 2.46. The second kappa shape index (κ2) is 4.20. The van der Waals surface area contributed by atoms with Crippen LogP contribution in [0.3, 0.4) is 0 Å². The summed E-state index contributed by atoms with van der Waals surface area (Å²) in [5.74, 6) is 2.49. The zero-order valence-electron chi connectivity index (χ0n) is 9.70. The predicted octanol–water partition coefficient (Wildman–Crippen LogP) is 2.98. The van der Waals surface area contributed by atoms with Gasteiger partial charge in [-0.2, -0.15) is 0 Å². The van der Waals surface area contributed by atoms with Crippen LogP contribution in [0.2, 0.25) is 0 Å². The molecule has 1 aliphatic rings. The number of fused-ring (bicyclic) bond motifs is 1. The van der Waals surface area contributed by atoms with E-state index in [1.807, 2.05) is 6.07 Å². The lowest BCUT2D eigenvalue weighted by Crippen LogP contribution is -1.95. The second-order valence-electron chi connectivity index (χ2n) is 3.92. The Hall–Kier alpha value is -1.69. The van der Waals surface area contributed by atoms with Crippen LogP contribution in [0.4, 0.5) is 5.82 Å². The third-order valence-electron chi connectivity index (χ3n) is 2.85. The summed E-state index contributed by atoms with van der Waals surface area (Å²) >= 11 is 3.47. The van der Waals surface area contributed by atoms with E-state index >= 15 is 0 Å². The molecule has 2 N–H and O–H groups in total. The van der Waals surface area contributed by atoms with E-state index in [2.05, 4.69) is 28.0 Å². The Labute approximate surface area is 112 Å². The molecular formula is C12H11BrN2O3. The molecule has 1 aromatic heterocycles. The van der Waals surface area contributed by atoms with Gasteiger partial charge in [-0.15, -0.1) is 0 Å².